The summed E-state index contributed by atoms with van der Waals surface area (Å²) >= 11 is 0. The first-order valence-electron chi connectivity index (χ1n) is 9.23. The van der Waals surface area contributed by atoms with Crippen LogP contribution in [0.15, 0.2) is 61.1 Å². The van der Waals surface area contributed by atoms with E-state index in [0.29, 0.717) is 18.2 Å². The summed E-state index contributed by atoms with van der Waals surface area (Å²) in [5.74, 6) is 0.556. The van der Waals surface area contributed by atoms with Gasteiger partial charge in [-0.25, -0.2) is 14.5 Å². The Balaban J connectivity index is 1.29. The Morgan fingerprint density at radius 3 is 3.00 bits per heavy atom. The van der Waals surface area contributed by atoms with E-state index in [9.17, 15) is 4.79 Å². The fourth-order valence-corrected chi connectivity index (χ4v) is 3.58. The molecule has 8 nitrogen and oxygen atoms in total. The number of rotatable bonds is 4. The number of fused-ring (bicyclic) bond motifs is 1. The average Bonchev–Trinajstić information content (AvgIpc) is 3.48. The van der Waals surface area contributed by atoms with Gasteiger partial charge in [-0.3, -0.25) is 4.79 Å². The predicted molar refractivity (Wildman–Crippen MR) is 105 cm³/mol. The third-order valence-corrected chi connectivity index (χ3v) is 4.98. The molecule has 1 fully saturated rings. The summed E-state index contributed by atoms with van der Waals surface area (Å²) in [6.07, 6.45) is 6.18. The number of anilines is 1. The molecule has 8 heteroatoms. The van der Waals surface area contributed by atoms with Crippen LogP contribution < -0.4 is 10.2 Å². The van der Waals surface area contributed by atoms with Crippen molar-refractivity contribution in [3.63, 3.8) is 0 Å². The fraction of sp³-hybridized carbons (Fsp3) is 0.200. The van der Waals surface area contributed by atoms with Crippen LogP contribution in [0.4, 0.5) is 5.95 Å². The summed E-state index contributed by atoms with van der Waals surface area (Å²) in [7, 11) is 0. The molecule has 4 aromatic heterocycles. The molecule has 5 rings (SSSR count). The summed E-state index contributed by atoms with van der Waals surface area (Å²) in [5.41, 5.74) is 3.24. The van der Waals surface area contributed by atoms with Crippen molar-refractivity contribution < 1.29 is 4.79 Å². The summed E-state index contributed by atoms with van der Waals surface area (Å²) < 4.78 is 1.66. The minimum atomic E-state index is -0.123. The van der Waals surface area contributed by atoms with Crippen LogP contribution in [0.5, 0.6) is 0 Å². The summed E-state index contributed by atoms with van der Waals surface area (Å²) in [5, 5.41) is 7.35. The number of nitrogens with one attached hydrogen (secondary N) is 2. The van der Waals surface area contributed by atoms with Gasteiger partial charge in [0.05, 0.1) is 23.1 Å². The third kappa shape index (κ3) is 2.98. The molecule has 0 aromatic carbocycles. The number of H-pyrrole nitrogens is 1. The van der Waals surface area contributed by atoms with Crippen molar-refractivity contribution in [2.75, 3.05) is 18.0 Å². The topological polar surface area (TPSA) is 91.2 Å². The Morgan fingerprint density at radius 1 is 1.14 bits per heavy atom. The van der Waals surface area contributed by atoms with E-state index >= 15 is 0 Å². The summed E-state index contributed by atoms with van der Waals surface area (Å²) in [4.78, 5) is 27.1. The van der Waals surface area contributed by atoms with E-state index in [2.05, 4.69) is 30.3 Å². The first-order valence-corrected chi connectivity index (χ1v) is 9.23. The van der Waals surface area contributed by atoms with Crippen LogP contribution in [0.25, 0.3) is 16.9 Å². The molecule has 140 valence electrons. The normalized spacial score (nSPS) is 16.6. The summed E-state index contributed by atoms with van der Waals surface area (Å²) in [6.45, 7) is 1.47. The number of aromatic amines is 1. The minimum absolute atomic E-state index is 0.0380. The number of nitrogens with zero attached hydrogens (tertiary/aromatic N) is 5. The van der Waals surface area contributed by atoms with Crippen LogP contribution >= 0.6 is 0 Å². The van der Waals surface area contributed by atoms with Crippen molar-refractivity contribution in [1.82, 2.24) is 29.9 Å². The van der Waals surface area contributed by atoms with Gasteiger partial charge in [-0.2, -0.15) is 5.10 Å². The molecule has 0 radical (unpaired) electrons. The molecule has 1 amide bonds. The lowest BCUT2D eigenvalue weighted by molar-refractivity contribution is 0.0933. The first-order chi connectivity index (χ1) is 13.8. The van der Waals surface area contributed by atoms with Crippen LogP contribution in [0.2, 0.25) is 0 Å². The average molecular weight is 373 g/mol. The van der Waals surface area contributed by atoms with Gasteiger partial charge in [0.25, 0.3) is 5.91 Å². The lowest BCUT2D eigenvalue weighted by Gasteiger charge is -2.17. The quantitative estimate of drug-likeness (QED) is 0.572. The highest BCUT2D eigenvalue weighted by Crippen LogP contribution is 2.20. The lowest BCUT2D eigenvalue weighted by atomic mass is 10.2. The van der Waals surface area contributed by atoms with Gasteiger partial charge in [-0.15, -0.1) is 0 Å². The van der Waals surface area contributed by atoms with Gasteiger partial charge in [0, 0.05) is 31.5 Å². The highest BCUT2D eigenvalue weighted by Gasteiger charge is 2.26. The number of amides is 1. The Bertz CT molecular complexity index is 1120. The van der Waals surface area contributed by atoms with E-state index in [1.165, 1.54) is 0 Å². The van der Waals surface area contributed by atoms with Gasteiger partial charge in [-0.1, -0.05) is 6.07 Å². The van der Waals surface area contributed by atoms with Gasteiger partial charge in [0.15, 0.2) is 0 Å². The van der Waals surface area contributed by atoms with Crippen LogP contribution in [-0.4, -0.2) is 49.6 Å². The number of aromatic nitrogens is 5. The third-order valence-electron chi connectivity index (χ3n) is 4.98. The SMILES string of the molecule is O=C(NC1CCN(c2nccc(-c3ccc[nH]3)n2)C1)c1cccc2ccnn12. The van der Waals surface area contributed by atoms with Gasteiger partial charge in [0.2, 0.25) is 5.95 Å². The molecule has 0 saturated carbocycles. The molecule has 1 atom stereocenters. The number of hydrogen-bond donors (Lipinski definition) is 2. The van der Waals surface area contributed by atoms with Gasteiger partial charge >= 0.3 is 0 Å². The second-order valence-electron chi connectivity index (χ2n) is 6.81. The van der Waals surface area contributed by atoms with Crippen LogP contribution in [0.3, 0.4) is 0 Å². The highest BCUT2D eigenvalue weighted by atomic mass is 16.2. The molecule has 0 aliphatic carbocycles. The van der Waals surface area contributed by atoms with Crippen molar-refractivity contribution in [3.8, 4) is 11.4 Å². The molecular weight excluding hydrogens is 354 g/mol. The molecule has 1 unspecified atom stereocenters. The second-order valence-corrected chi connectivity index (χ2v) is 6.81. The maximum atomic E-state index is 12.7. The van der Waals surface area contributed by atoms with E-state index in [1.807, 2.05) is 42.6 Å². The zero-order chi connectivity index (χ0) is 18.9. The van der Waals surface area contributed by atoms with Crippen molar-refractivity contribution >= 4 is 17.4 Å². The lowest BCUT2D eigenvalue weighted by Crippen LogP contribution is -2.38. The standard InChI is InChI=1S/C20H19N7O/c28-19(18-5-1-3-15-6-11-23-27(15)18)24-14-8-12-26(13-14)20-22-10-7-17(25-20)16-4-2-9-21-16/h1-7,9-11,14,21H,8,12-13H2,(H,24,28). The Kier molecular flexibility index (Phi) is 4.01. The predicted octanol–water partition coefficient (Wildman–Crippen LogP) is 2.13. The molecule has 1 aliphatic heterocycles. The van der Waals surface area contributed by atoms with Crippen LogP contribution in [-0.2, 0) is 0 Å². The first kappa shape index (κ1) is 16.5. The van der Waals surface area contributed by atoms with E-state index in [1.54, 1.807) is 23.0 Å². The molecule has 5 heterocycles. The second kappa shape index (κ2) is 6.80. The molecule has 4 aromatic rings. The van der Waals surface area contributed by atoms with Crippen molar-refractivity contribution in [2.24, 2.45) is 0 Å². The summed E-state index contributed by atoms with van der Waals surface area (Å²) in [6, 6.07) is 13.3. The largest absolute Gasteiger partial charge is 0.360 e. The van der Waals surface area contributed by atoms with E-state index in [4.69, 9.17) is 0 Å². The number of hydrogen-bond acceptors (Lipinski definition) is 5. The number of carbonyl (C=O) groups is 1. The molecule has 0 spiro atoms. The Morgan fingerprint density at radius 2 is 2.11 bits per heavy atom. The van der Waals surface area contributed by atoms with Crippen molar-refractivity contribution in [3.05, 3.63) is 66.7 Å². The Labute approximate surface area is 161 Å². The van der Waals surface area contributed by atoms with Crippen molar-refractivity contribution in [2.45, 2.75) is 12.5 Å². The van der Waals surface area contributed by atoms with Crippen LogP contribution in [0.1, 0.15) is 16.9 Å². The fourth-order valence-electron chi connectivity index (χ4n) is 3.58. The molecule has 28 heavy (non-hydrogen) atoms. The number of carbonyl (C=O) groups excluding carboxylic acids is 1. The zero-order valence-corrected chi connectivity index (χ0v) is 15.1. The Hall–Kier alpha value is -3.68. The van der Waals surface area contributed by atoms with E-state index < -0.39 is 0 Å². The molecule has 1 saturated heterocycles. The molecular formula is C20H19N7O. The maximum Gasteiger partial charge on any atom is 0.270 e. The smallest absolute Gasteiger partial charge is 0.270 e. The maximum absolute atomic E-state index is 12.7. The minimum Gasteiger partial charge on any atom is -0.360 e. The molecule has 0 bridgehead atoms. The van der Waals surface area contributed by atoms with E-state index in [0.717, 1.165) is 29.9 Å². The monoisotopic (exact) mass is 373 g/mol. The highest BCUT2D eigenvalue weighted by molar-refractivity contribution is 5.93. The number of pyridine rings is 1. The molecule has 2 N–H and O–H groups in total. The zero-order valence-electron chi connectivity index (χ0n) is 15.1. The van der Waals surface area contributed by atoms with Gasteiger partial charge in [-0.05, 0) is 42.8 Å². The van der Waals surface area contributed by atoms with E-state index in [-0.39, 0.29) is 11.9 Å². The van der Waals surface area contributed by atoms with Gasteiger partial charge in [0.1, 0.15) is 5.69 Å². The molecule has 1 aliphatic rings. The van der Waals surface area contributed by atoms with Crippen LogP contribution in [0, 0.1) is 0 Å². The van der Waals surface area contributed by atoms with Crippen molar-refractivity contribution in [1.29, 1.82) is 0 Å². The van der Waals surface area contributed by atoms with Gasteiger partial charge < -0.3 is 15.2 Å².